The van der Waals surface area contributed by atoms with Gasteiger partial charge in [-0.2, -0.15) is 0 Å². The fourth-order valence-electron chi connectivity index (χ4n) is 11.5. The lowest BCUT2D eigenvalue weighted by Gasteiger charge is -2.25. The fourth-order valence-corrected chi connectivity index (χ4v) is 11.5. The molecule has 9 nitrogen and oxygen atoms in total. The third-order valence-corrected chi connectivity index (χ3v) is 17.3. The van der Waals surface area contributed by atoms with Crippen molar-refractivity contribution in [1.82, 2.24) is 0 Å². The van der Waals surface area contributed by atoms with Crippen molar-refractivity contribution in [2.75, 3.05) is 47.5 Å². The van der Waals surface area contributed by atoms with E-state index in [2.05, 4.69) is 26.0 Å². The highest BCUT2D eigenvalue weighted by Crippen LogP contribution is 2.20. The highest BCUT2D eigenvalue weighted by atomic mass is 16.7. The van der Waals surface area contributed by atoms with Crippen LogP contribution in [0.4, 0.5) is 0 Å². The summed E-state index contributed by atoms with van der Waals surface area (Å²) in [6.45, 7) is 4.97. The second kappa shape index (κ2) is 67.0. The molecular formula is C75H146NO8+. The van der Waals surface area contributed by atoms with E-state index in [0.29, 0.717) is 17.4 Å². The van der Waals surface area contributed by atoms with Gasteiger partial charge >= 0.3 is 17.9 Å². The molecule has 2 unspecified atom stereocenters. The van der Waals surface area contributed by atoms with Crippen molar-refractivity contribution in [1.29, 1.82) is 0 Å². The maximum Gasteiger partial charge on any atom is 0.361 e. The summed E-state index contributed by atoms with van der Waals surface area (Å²) in [5.74, 6) is -1.97. The molecule has 0 aromatic rings. The number of carbonyl (C=O) groups excluding carboxylic acids is 2. The molecule has 0 saturated carbocycles. The minimum atomic E-state index is -1.51. The van der Waals surface area contributed by atoms with E-state index in [9.17, 15) is 19.5 Å². The maximum absolute atomic E-state index is 13.0. The Labute approximate surface area is 523 Å². The quantitative estimate of drug-likeness (QED) is 0.0211. The first-order valence-electron chi connectivity index (χ1n) is 37.4. The molecule has 0 rings (SSSR count). The first-order chi connectivity index (χ1) is 41.1. The molecule has 0 aliphatic heterocycles. The number of aliphatic carboxylic acids is 1. The van der Waals surface area contributed by atoms with Crippen molar-refractivity contribution < 1.29 is 42.9 Å². The number of ether oxygens (including phenoxy) is 4. The van der Waals surface area contributed by atoms with Gasteiger partial charge in [-0.3, -0.25) is 9.59 Å². The molecule has 0 bridgehead atoms. The molecule has 0 aromatic carbocycles. The second-order valence-electron chi connectivity index (χ2n) is 27.0. The Kier molecular flexibility index (Phi) is 65.4. The van der Waals surface area contributed by atoms with E-state index >= 15 is 0 Å². The van der Waals surface area contributed by atoms with Crippen LogP contribution in [0.2, 0.25) is 0 Å². The van der Waals surface area contributed by atoms with Crippen molar-refractivity contribution in [3.8, 4) is 0 Å². The largest absolute Gasteiger partial charge is 0.477 e. The summed E-state index contributed by atoms with van der Waals surface area (Å²) in [4.78, 5) is 37.7. The average Bonchev–Trinajstić information content (AvgIpc) is 3.55. The van der Waals surface area contributed by atoms with Gasteiger partial charge in [0.15, 0.2) is 6.10 Å². The number of likely N-dealkylation sites (N-methyl/N-ethyl adjacent to an activating group) is 1. The first kappa shape index (κ1) is 82.0. The van der Waals surface area contributed by atoms with Crippen LogP contribution in [-0.4, -0.2) is 87.4 Å². The summed E-state index contributed by atoms with van der Waals surface area (Å²) >= 11 is 0. The fraction of sp³-hybridized carbons (Fsp3) is 0.933. The van der Waals surface area contributed by atoms with Crippen LogP contribution in [0.15, 0.2) is 12.2 Å². The van der Waals surface area contributed by atoms with Gasteiger partial charge in [0.05, 0.1) is 34.4 Å². The lowest BCUT2D eigenvalue weighted by molar-refractivity contribution is -0.870. The number of allylic oxidation sites excluding steroid dienone is 2. The van der Waals surface area contributed by atoms with Gasteiger partial charge in [0.1, 0.15) is 13.2 Å². The Hall–Kier alpha value is -1.97. The molecule has 0 spiro atoms. The Balaban J connectivity index is 4.01. The zero-order chi connectivity index (χ0) is 61.2. The van der Waals surface area contributed by atoms with Crippen LogP contribution in [0.5, 0.6) is 0 Å². The summed E-state index contributed by atoms with van der Waals surface area (Å²) in [5.41, 5.74) is 0. The molecule has 0 radical (unpaired) electrons. The average molecular weight is 1190 g/mol. The van der Waals surface area contributed by atoms with Crippen LogP contribution >= 0.6 is 0 Å². The van der Waals surface area contributed by atoms with E-state index in [4.69, 9.17) is 18.9 Å². The van der Waals surface area contributed by atoms with Crippen LogP contribution in [0.1, 0.15) is 393 Å². The lowest BCUT2D eigenvalue weighted by Crippen LogP contribution is -2.40. The number of hydrogen-bond acceptors (Lipinski definition) is 7. The second-order valence-corrected chi connectivity index (χ2v) is 27.0. The molecule has 0 aliphatic carbocycles. The molecule has 0 aliphatic rings. The summed E-state index contributed by atoms with van der Waals surface area (Å²) in [6.07, 6.45) is 79.2. The van der Waals surface area contributed by atoms with Gasteiger partial charge in [-0.25, -0.2) is 4.79 Å². The topological polar surface area (TPSA) is 108 Å². The van der Waals surface area contributed by atoms with E-state index in [1.54, 1.807) is 0 Å². The van der Waals surface area contributed by atoms with Gasteiger partial charge in [-0.15, -0.1) is 0 Å². The van der Waals surface area contributed by atoms with Crippen molar-refractivity contribution >= 4 is 17.9 Å². The minimum Gasteiger partial charge on any atom is -0.477 e. The number of carboxylic acids is 1. The molecule has 0 amide bonds. The van der Waals surface area contributed by atoms with E-state index in [0.717, 1.165) is 38.5 Å². The number of carbonyl (C=O) groups is 3. The number of nitrogens with zero attached hydrogens (tertiary/aromatic N) is 1. The monoisotopic (exact) mass is 1190 g/mol. The Bertz CT molecular complexity index is 1380. The zero-order valence-electron chi connectivity index (χ0n) is 57.1. The minimum absolute atomic E-state index is 0.173. The summed E-state index contributed by atoms with van der Waals surface area (Å²) in [6, 6.07) is 0. The van der Waals surface area contributed by atoms with Gasteiger partial charge in [0.25, 0.3) is 6.29 Å². The highest BCUT2D eigenvalue weighted by molar-refractivity contribution is 5.71. The summed E-state index contributed by atoms with van der Waals surface area (Å²) < 4.78 is 23.0. The smallest absolute Gasteiger partial charge is 0.361 e. The van der Waals surface area contributed by atoms with Crippen molar-refractivity contribution in [3.05, 3.63) is 12.2 Å². The van der Waals surface area contributed by atoms with Crippen LogP contribution < -0.4 is 0 Å². The maximum atomic E-state index is 13.0. The van der Waals surface area contributed by atoms with E-state index < -0.39 is 18.4 Å². The number of esters is 2. The molecule has 0 heterocycles. The highest BCUT2D eigenvalue weighted by Gasteiger charge is 2.25. The number of quaternary nitrogens is 1. The van der Waals surface area contributed by atoms with Gasteiger partial charge in [0.2, 0.25) is 0 Å². The SMILES string of the molecule is CCCCCCCCCC/C=C\CCCCCCCCCCCCCCCCCCCC(=O)OC(COC(=O)CCCCCCCCCCCCCCCCCCCCCCCCCCCCCCCC)COC(OCC[N+](C)(C)C)C(=O)O. The summed E-state index contributed by atoms with van der Waals surface area (Å²) in [5, 5.41) is 9.76. The van der Waals surface area contributed by atoms with Crippen molar-refractivity contribution in [2.45, 2.75) is 405 Å². The third kappa shape index (κ3) is 67.5. The molecule has 498 valence electrons. The van der Waals surface area contributed by atoms with Gasteiger partial charge in [0, 0.05) is 12.8 Å². The molecule has 9 heteroatoms. The van der Waals surface area contributed by atoms with E-state index in [-0.39, 0.29) is 38.2 Å². The first-order valence-corrected chi connectivity index (χ1v) is 37.4. The summed E-state index contributed by atoms with van der Waals surface area (Å²) in [7, 11) is 6.00. The van der Waals surface area contributed by atoms with Crippen molar-refractivity contribution in [2.24, 2.45) is 0 Å². The predicted octanol–water partition coefficient (Wildman–Crippen LogP) is 23.2. The normalized spacial score (nSPS) is 12.6. The van der Waals surface area contributed by atoms with Gasteiger partial charge in [-0.1, -0.05) is 353 Å². The molecule has 2 atom stereocenters. The van der Waals surface area contributed by atoms with Crippen LogP contribution in [0, 0.1) is 0 Å². The Morgan fingerprint density at radius 2 is 0.607 bits per heavy atom. The molecule has 0 aromatic heterocycles. The zero-order valence-corrected chi connectivity index (χ0v) is 57.1. The van der Waals surface area contributed by atoms with Crippen molar-refractivity contribution in [3.63, 3.8) is 0 Å². The van der Waals surface area contributed by atoms with Gasteiger partial charge < -0.3 is 28.5 Å². The predicted molar refractivity (Wildman–Crippen MR) is 360 cm³/mol. The number of rotatable bonds is 71. The van der Waals surface area contributed by atoms with Crippen LogP contribution in [-0.2, 0) is 33.3 Å². The third-order valence-electron chi connectivity index (χ3n) is 17.3. The van der Waals surface area contributed by atoms with E-state index in [1.165, 1.54) is 327 Å². The van der Waals surface area contributed by atoms with Crippen LogP contribution in [0.3, 0.4) is 0 Å². The Morgan fingerprint density at radius 3 is 0.881 bits per heavy atom. The number of unbranched alkanes of at least 4 members (excludes halogenated alkanes) is 54. The number of carboxylic acid groups (broad SMARTS) is 1. The molecule has 1 N–H and O–H groups in total. The molecule has 0 fully saturated rings. The Morgan fingerprint density at radius 1 is 0.345 bits per heavy atom. The standard InChI is InChI=1S/C75H145NO8/c1-6-8-10-12-14-16-18-20-22-24-26-28-30-32-34-36-38-39-41-43-45-47-49-51-53-55-57-59-61-63-65-72(77)82-69-71(70-83-75(74(79)80)81-68-67-76(3,4)5)84-73(78)66-64-62-60-58-56-54-52-50-48-46-44-42-40-37-35-33-31-29-27-25-23-21-19-17-15-13-11-9-7-2/h25,27,71,75H,6-24,26,28-70H2,1-5H3/p+1/b27-25-. The molecular weight excluding hydrogens is 1040 g/mol. The molecule has 84 heavy (non-hydrogen) atoms. The van der Waals surface area contributed by atoms with Crippen LogP contribution in [0.25, 0.3) is 0 Å². The molecule has 0 saturated heterocycles. The van der Waals surface area contributed by atoms with E-state index in [1.807, 2.05) is 21.1 Å². The van der Waals surface area contributed by atoms with Gasteiger partial charge in [-0.05, 0) is 38.5 Å². The number of hydrogen-bond donors (Lipinski definition) is 1. The lowest BCUT2D eigenvalue weighted by atomic mass is 10.0.